The van der Waals surface area contributed by atoms with Gasteiger partial charge in [-0.1, -0.05) is 87.6 Å². The van der Waals surface area contributed by atoms with Crippen molar-refractivity contribution in [2.75, 3.05) is 6.61 Å². The minimum Gasteiger partial charge on any atom is -0.493 e. The number of hydrogen-bond acceptors (Lipinski definition) is 2. The Bertz CT molecular complexity index is 929. The van der Waals surface area contributed by atoms with Crippen molar-refractivity contribution in [3.8, 4) is 16.9 Å². The van der Waals surface area contributed by atoms with Gasteiger partial charge < -0.3 is 9.84 Å². The molecule has 27 heavy (non-hydrogen) atoms. The van der Waals surface area contributed by atoms with E-state index in [9.17, 15) is 5.11 Å². The number of unbranched alkanes of at least 4 members (excludes halogenated alkanes) is 5. The Morgan fingerprint density at radius 2 is 1.52 bits per heavy atom. The molecule has 0 unspecified atom stereocenters. The quantitative estimate of drug-likeness (QED) is 0.456. The summed E-state index contributed by atoms with van der Waals surface area (Å²) < 4.78 is 6.19. The molecule has 0 amide bonds. The predicted molar refractivity (Wildman–Crippen MR) is 112 cm³/mol. The first-order chi connectivity index (χ1) is 13.3. The fourth-order valence-corrected chi connectivity index (χ4v) is 4.19. The molecule has 0 aromatic heterocycles. The molecular weight excluding hydrogens is 332 g/mol. The maximum atomic E-state index is 10.9. The van der Waals surface area contributed by atoms with E-state index in [0.29, 0.717) is 0 Å². The van der Waals surface area contributed by atoms with Crippen LogP contribution < -0.4 is 4.74 Å². The van der Waals surface area contributed by atoms with Crippen LogP contribution in [-0.2, 0) is 0 Å². The van der Waals surface area contributed by atoms with Gasteiger partial charge >= 0.3 is 0 Å². The Hall–Kier alpha value is -2.32. The zero-order chi connectivity index (χ0) is 18.6. The predicted octanol–water partition coefficient (Wildman–Crippen LogP) is 6.64. The second-order valence-electron chi connectivity index (χ2n) is 7.49. The van der Waals surface area contributed by atoms with Crippen LogP contribution >= 0.6 is 0 Å². The highest BCUT2D eigenvalue weighted by Gasteiger charge is 2.29. The molecule has 2 heteroatoms. The van der Waals surface area contributed by atoms with Gasteiger partial charge in [0.05, 0.1) is 6.61 Å². The van der Waals surface area contributed by atoms with Crippen molar-refractivity contribution in [2.24, 2.45) is 0 Å². The summed E-state index contributed by atoms with van der Waals surface area (Å²) in [4.78, 5) is 0. The van der Waals surface area contributed by atoms with E-state index in [0.717, 1.165) is 51.8 Å². The molecule has 0 heterocycles. The molecule has 140 valence electrons. The average molecular weight is 360 g/mol. The number of rotatable bonds is 8. The molecule has 1 aliphatic rings. The lowest BCUT2D eigenvalue weighted by Crippen LogP contribution is -2.00. The molecule has 0 spiro atoms. The van der Waals surface area contributed by atoms with Crippen LogP contribution in [0.3, 0.4) is 0 Å². The summed E-state index contributed by atoms with van der Waals surface area (Å²) in [5.74, 6) is 0.893. The van der Waals surface area contributed by atoms with Gasteiger partial charge in [0.2, 0.25) is 0 Å². The minimum atomic E-state index is -0.572. The summed E-state index contributed by atoms with van der Waals surface area (Å²) in [6.45, 7) is 2.98. The fourth-order valence-electron chi connectivity index (χ4n) is 4.19. The molecule has 1 aliphatic carbocycles. The Balaban J connectivity index is 1.59. The number of aliphatic hydroxyl groups excluding tert-OH is 1. The molecule has 0 aliphatic heterocycles. The van der Waals surface area contributed by atoms with Crippen LogP contribution in [-0.4, -0.2) is 11.7 Å². The van der Waals surface area contributed by atoms with E-state index < -0.39 is 6.10 Å². The Morgan fingerprint density at radius 1 is 0.815 bits per heavy atom. The first kappa shape index (κ1) is 18.1. The van der Waals surface area contributed by atoms with Gasteiger partial charge in [-0.3, -0.25) is 0 Å². The zero-order valence-corrected chi connectivity index (χ0v) is 16.1. The first-order valence-corrected chi connectivity index (χ1v) is 10.3. The molecule has 1 atom stereocenters. The number of hydrogen-bond donors (Lipinski definition) is 1. The van der Waals surface area contributed by atoms with Gasteiger partial charge in [-0.25, -0.2) is 0 Å². The van der Waals surface area contributed by atoms with Gasteiger partial charge in [-0.05, 0) is 40.1 Å². The van der Waals surface area contributed by atoms with E-state index in [1.165, 1.54) is 32.1 Å². The van der Waals surface area contributed by atoms with Gasteiger partial charge in [-0.2, -0.15) is 0 Å². The monoisotopic (exact) mass is 360 g/mol. The van der Waals surface area contributed by atoms with Crippen molar-refractivity contribution in [3.63, 3.8) is 0 Å². The van der Waals surface area contributed by atoms with Gasteiger partial charge in [0, 0.05) is 5.39 Å². The maximum absolute atomic E-state index is 10.9. The lowest BCUT2D eigenvalue weighted by molar-refractivity contribution is 0.224. The van der Waals surface area contributed by atoms with Crippen molar-refractivity contribution >= 4 is 10.8 Å². The van der Waals surface area contributed by atoms with E-state index >= 15 is 0 Å². The van der Waals surface area contributed by atoms with E-state index in [1.807, 2.05) is 18.2 Å². The van der Waals surface area contributed by atoms with Crippen molar-refractivity contribution in [2.45, 2.75) is 51.6 Å². The zero-order valence-electron chi connectivity index (χ0n) is 16.1. The summed E-state index contributed by atoms with van der Waals surface area (Å²) in [6, 6.07) is 18.6. The molecule has 0 bridgehead atoms. The van der Waals surface area contributed by atoms with Crippen molar-refractivity contribution in [3.05, 3.63) is 65.7 Å². The highest BCUT2D eigenvalue weighted by Crippen LogP contribution is 2.49. The van der Waals surface area contributed by atoms with Crippen LogP contribution in [0.5, 0.6) is 5.75 Å². The van der Waals surface area contributed by atoms with Gasteiger partial charge in [-0.15, -0.1) is 0 Å². The Labute approximate surface area is 161 Å². The summed E-state index contributed by atoms with van der Waals surface area (Å²) in [5.41, 5.74) is 4.25. The van der Waals surface area contributed by atoms with Crippen molar-refractivity contribution in [1.29, 1.82) is 0 Å². The molecule has 2 nitrogen and oxygen atoms in total. The van der Waals surface area contributed by atoms with Gasteiger partial charge in [0.1, 0.15) is 11.9 Å². The Morgan fingerprint density at radius 3 is 2.37 bits per heavy atom. The van der Waals surface area contributed by atoms with Gasteiger partial charge in [0.15, 0.2) is 0 Å². The number of aliphatic hydroxyl groups is 1. The van der Waals surface area contributed by atoms with Crippen molar-refractivity contribution < 1.29 is 9.84 Å². The lowest BCUT2D eigenvalue weighted by atomic mass is 9.97. The Kier molecular flexibility index (Phi) is 5.45. The maximum Gasteiger partial charge on any atom is 0.127 e. The van der Waals surface area contributed by atoms with Crippen LogP contribution in [0.15, 0.2) is 54.6 Å². The normalized spacial score (nSPS) is 15.0. The summed E-state index contributed by atoms with van der Waals surface area (Å²) in [6.07, 6.45) is 6.95. The lowest BCUT2D eigenvalue weighted by Gasteiger charge is -2.14. The molecule has 3 aromatic carbocycles. The molecule has 0 radical (unpaired) electrons. The molecule has 0 fully saturated rings. The second-order valence-corrected chi connectivity index (χ2v) is 7.49. The van der Waals surface area contributed by atoms with Crippen LogP contribution in [0.1, 0.15) is 62.7 Å². The van der Waals surface area contributed by atoms with Gasteiger partial charge in [0.25, 0.3) is 0 Å². The van der Waals surface area contributed by atoms with Crippen LogP contribution in [0.2, 0.25) is 0 Å². The number of ether oxygens (including phenoxy) is 1. The standard InChI is InChI=1S/C25H28O2/c1-2-3-4-5-6-11-16-27-23-17-22-24(19-13-8-7-12-18(19)23)20-14-9-10-15-21(20)25(22)26/h7-10,12-15,17,25-26H,2-6,11,16H2,1H3/t25-/m0/s1. The molecule has 0 saturated heterocycles. The van der Waals surface area contributed by atoms with E-state index in [2.05, 4.69) is 43.3 Å². The van der Waals surface area contributed by atoms with Crippen LogP contribution in [0.4, 0.5) is 0 Å². The van der Waals surface area contributed by atoms with E-state index in [-0.39, 0.29) is 0 Å². The molecule has 1 N–H and O–H groups in total. The summed E-state index contributed by atoms with van der Waals surface area (Å²) in [7, 11) is 0. The number of fused-ring (bicyclic) bond motifs is 5. The largest absolute Gasteiger partial charge is 0.493 e. The minimum absolute atomic E-state index is 0.572. The third-order valence-electron chi connectivity index (χ3n) is 5.61. The SMILES string of the molecule is CCCCCCCCOc1cc2c(c3ccccc13)-c1ccccc1[C@@H]2O. The van der Waals surface area contributed by atoms with Crippen LogP contribution in [0, 0.1) is 0 Å². The number of benzene rings is 3. The van der Waals surface area contributed by atoms with Crippen LogP contribution in [0.25, 0.3) is 21.9 Å². The van der Waals surface area contributed by atoms with E-state index in [4.69, 9.17) is 4.74 Å². The van der Waals surface area contributed by atoms with E-state index in [1.54, 1.807) is 0 Å². The first-order valence-electron chi connectivity index (χ1n) is 10.3. The topological polar surface area (TPSA) is 29.5 Å². The molecular formula is C25H28O2. The second kappa shape index (κ2) is 8.14. The average Bonchev–Trinajstić information content (AvgIpc) is 3.00. The molecule has 4 rings (SSSR count). The van der Waals surface area contributed by atoms with Crippen molar-refractivity contribution in [1.82, 2.24) is 0 Å². The fraction of sp³-hybridized carbons (Fsp3) is 0.360. The highest BCUT2D eigenvalue weighted by atomic mass is 16.5. The summed E-state index contributed by atoms with van der Waals surface area (Å²) >= 11 is 0. The molecule has 0 saturated carbocycles. The molecule has 3 aromatic rings. The highest BCUT2D eigenvalue weighted by molar-refractivity contribution is 6.04. The smallest absolute Gasteiger partial charge is 0.127 e. The third kappa shape index (κ3) is 3.46. The third-order valence-corrected chi connectivity index (χ3v) is 5.61. The summed E-state index contributed by atoms with van der Waals surface area (Å²) in [5, 5.41) is 13.1.